The Hall–Kier alpha value is -0.380. The maximum Gasteiger partial charge on any atom is 0.0716 e. The molecule has 0 fully saturated rings. The van der Waals surface area contributed by atoms with E-state index in [0.717, 1.165) is 30.7 Å². The zero-order valence-electron chi connectivity index (χ0n) is 12.1. The van der Waals surface area contributed by atoms with E-state index in [9.17, 15) is 0 Å². The van der Waals surface area contributed by atoms with Gasteiger partial charge < -0.3 is 10.1 Å². The van der Waals surface area contributed by atoms with E-state index in [1.165, 1.54) is 24.8 Å². The minimum atomic E-state index is 0.606. The molecular formula is C16H26BrNO. The highest BCUT2D eigenvalue weighted by molar-refractivity contribution is 9.10. The molecule has 0 aliphatic rings. The number of hydrogen-bond donors (Lipinski definition) is 1. The second-order valence-corrected chi connectivity index (χ2v) is 6.12. The number of rotatable bonds is 10. The van der Waals surface area contributed by atoms with Crippen molar-refractivity contribution in [2.75, 3.05) is 13.2 Å². The summed E-state index contributed by atoms with van der Waals surface area (Å²) in [6, 6.07) is 8.92. The molecule has 1 rings (SSSR count). The summed E-state index contributed by atoms with van der Waals surface area (Å²) < 4.78 is 6.79. The van der Waals surface area contributed by atoms with E-state index in [4.69, 9.17) is 4.74 Å². The van der Waals surface area contributed by atoms with Crippen molar-refractivity contribution in [2.45, 2.75) is 52.2 Å². The van der Waals surface area contributed by atoms with Crippen LogP contribution in [0.4, 0.5) is 0 Å². The average molecular weight is 328 g/mol. The third kappa shape index (κ3) is 9.20. The van der Waals surface area contributed by atoms with Crippen molar-refractivity contribution in [3.05, 3.63) is 34.3 Å². The second kappa shape index (κ2) is 10.4. The normalized spacial score (nSPS) is 11.2. The molecule has 108 valence electrons. The van der Waals surface area contributed by atoms with Gasteiger partial charge in [0.25, 0.3) is 0 Å². The van der Waals surface area contributed by atoms with E-state index >= 15 is 0 Å². The molecule has 0 bridgehead atoms. The zero-order chi connectivity index (χ0) is 13.9. The number of unbranched alkanes of at least 4 members (excludes halogenated alkanes) is 3. The van der Waals surface area contributed by atoms with Crippen LogP contribution >= 0.6 is 15.9 Å². The molecular weight excluding hydrogens is 302 g/mol. The molecule has 1 N–H and O–H groups in total. The lowest BCUT2D eigenvalue weighted by molar-refractivity contribution is 0.116. The summed E-state index contributed by atoms with van der Waals surface area (Å²) in [4.78, 5) is 0. The van der Waals surface area contributed by atoms with Gasteiger partial charge in [-0.15, -0.1) is 0 Å². The quantitative estimate of drug-likeness (QED) is 0.638. The molecule has 0 saturated carbocycles. The van der Waals surface area contributed by atoms with Crippen molar-refractivity contribution in [1.82, 2.24) is 5.32 Å². The van der Waals surface area contributed by atoms with E-state index in [-0.39, 0.29) is 0 Å². The molecule has 1 aromatic rings. The van der Waals surface area contributed by atoms with E-state index in [2.05, 4.69) is 59.4 Å². The molecule has 0 amide bonds. The van der Waals surface area contributed by atoms with Crippen LogP contribution in [0.1, 0.15) is 45.1 Å². The molecule has 0 spiro atoms. The maximum absolute atomic E-state index is 5.67. The molecule has 0 heterocycles. The first kappa shape index (κ1) is 16.7. The fourth-order valence-corrected chi connectivity index (χ4v) is 2.11. The summed E-state index contributed by atoms with van der Waals surface area (Å²) in [6.07, 6.45) is 4.99. The summed E-state index contributed by atoms with van der Waals surface area (Å²) in [7, 11) is 0. The second-order valence-electron chi connectivity index (χ2n) is 5.20. The topological polar surface area (TPSA) is 21.3 Å². The lowest BCUT2D eigenvalue weighted by atomic mass is 10.2. The lowest BCUT2D eigenvalue weighted by Gasteiger charge is -2.07. The first-order valence-corrected chi connectivity index (χ1v) is 8.03. The Bertz CT molecular complexity index is 324. The van der Waals surface area contributed by atoms with Gasteiger partial charge in [-0.3, -0.25) is 0 Å². The minimum absolute atomic E-state index is 0.606. The number of ether oxygens (including phenoxy) is 1. The van der Waals surface area contributed by atoms with Crippen LogP contribution < -0.4 is 5.32 Å². The minimum Gasteiger partial charge on any atom is -0.377 e. The predicted molar refractivity (Wildman–Crippen MR) is 85.4 cm³/mol. The Morgan fingerprint density at radius 1 is 1.05 bits per heavy atom. The van der Waals surface area contributed by atoms with Crippen molar-refractivity contribution in [1.29, 1.82) is 0 Å². The third-order valence-corrected chi connectivity index (χ3v) is 3.48. The van der Waals surface area contributed by atoms with Gasteiger partial charge in [0.2, 0.25) is 0 Å². The van der Waals surface area contributed by atoms with Gasteiger partial charge in [0, 0.05) is 17.1 Å². The largest absolute Gasteiger partial charge is 0.377 e. The Morgan fingerprint density at radius 3 is 2.42 bits per heavy atom. The molecule has 0 aliphatic carbocycles. The lowest BCUT2D eigenvalue weighted by Crippen LogP contribution is -2.23. The summed E-state index contributed by atoms with van der Waals surface area (Å²) >= 11 is 3.43. The third-order valence-electron chi connectivity index (χ3n) is 2.95. The summed E-state index contributed by atoms with van der Waals surface area (Å²) in [6.45, 7) is 7.11. The van der Waals surface area contributed by atoms with Crippen LogP contribution in [0.15, 0.2) is 28.7 Å². The average Bonchev–Trinajstić information content (AvgIpc) is 2.38. The van der Waals surface area contributed by atoms with Gasteiger partial charge in [-0.25, -0.2) is 0 Å². The number of halogens is 1. The van der Waals surface area contributed by atoms with Crippen LogP contribution in [0.2, 0.25) is 0 Å². The fourth-order valence-electron chi connectivity index (χ4n) is 1.84. The highest BCUT2D eigenvalue weighted by atomic mass is 79.9. The maximum atomic E-state index is 5.67. The fraction of sp³-hybridized carbons (Fsp3) is 0.625. The Labute approximate surface area is 126 Å². The zero-order valence-corrected chi connectivity index (χ0v) is 13.7. The van der Waals surface area contributed by atoms with Gasteiger partial charge in [-0.1, -0.05) is 54.8 Å². The van der Waals surface area contributed by atoms with Crippen LogP contribution in [-0.4, -0.2) is 19.2 Å². The Morgan fingerprint density at radius 2 is 1.74 bits per heavy atom. The number of nitrogens with one attached hydrogen (secondary N) is 1. The van der Waals surface area contributed by atoms with Gasteiger partial charge in [-0.2, -0.15) is 0 Å². The molecule has 0 atom stereocenters. The molecule has 0 aliphatic heterocycles. The van der Waals surface area contributed by atoms with Crippen LogP contribution in [-0.2, 0) is 11.3 Å². The molecule has 3 heteroatoms. The van der Waals surface area contributed by atoms with Crippen LogP contribution in [0, 0.1) is 0 Å². The van der Waals surface area contributed by atoms with Crippen LogP contribution in [0.3, 0.4) is 0 Å². The number of benzene rings is 1. The van der Waals surface area contributed by atoms with Crippen LogP contribution in [0.5, 0.6) is 0 Å². The summed E-state index contributed by atoms with van der Waals surface area (Å²) in [5, 5.41) is 3.44. The first-order valence-electron chi connectivity index (χ1n) is 7.24. The van der Waals surface area contributed by atoms with Crippen LogP contribution in [0.25, 0.3) is 0 Å². The van der Waals surface area contributed by atoms with Gasteiger partial charge in [0.1, 0.15) is 0 Å². The predicted octanol–water partition coefficient (Wildman–Crippen LogP) is 4.52. The molecule has 1 aromatic carbocycles. The molecule has 0 unspecified atom stereocenters. The van der Waals surface area contributed by atoms with Gasteiger partial charge in [0.05, 0.1) is 6.61 Å². The van der Waals surface area contributed by atoms with Crippen molar-refractivity contribution < 1.29 is 4.74 Å². The van der Waals surface area contributed by atoms with E-state index in [0.29, 0.717) is 6.04 Å². The molecule has 0 saturated heterocycles. The summed E-state index contributed by atoms with van der Waals surface area (Å²) in [5.74, 6) is 0. The smallest absolute Gasteiger partial charge is 0.0716 e. The Balaban J connectivity index is 1.90. The van der Waals surface area contributed by atoms with Gasteiger partial charge in [-0.05, 0) is 37.1 Å². The molecule has 2 nitrogen and oxygen atoms in total. The van der Waals surface area contributed by atoms with Gasteiger partial charge in [0.15, 0.2) is 0 Å². The van der Waals surface area contributed by atoms with Gasteiger partial charge >= 0.3 is 0 Å². The van der Waals surface area contributed by atoms with Crippen molar-refractivity contribution in [2.24, 2.45) is 0 Å². The molecule has 0 radical (unpaired) electrons. The monoisotopic (exact) mass is 327 g/mol. The van der Waals surface area contributed by atoms with E-state index < -0.39 is 0 Å². The summed E-state index contributed by atoms with van der Waals surface area (Å²) in [5.41, 5.74) is 1.24. The standard InChI is InChI=1S/C16H26BrNO/c1-14(2)18-11-5-3-4-6-12-19-13-15-7-9-16(17)10-8-15/h7-10,14,18H,3-6,11-13H2,1-2H3. The Kier molecular flexibility index (Phi) is 9.14. The van der Waals surface area contributed by atoms with E-state index in [1.807, 2.05) is 0 Å². The first-order chi connectivity index (χ1) is 9.18. The highest BCUT2D eigenvalue weighted by Gasteiger charge is 1.95. The van der Waals surface area contributed by atoms with Crippen molar-refractivity contribution in [3.63, 3.8) is 0 Å². The van der Waals surface area contributed by atoms with E-state index in [1.54, 1.807) is 0 Å². The highest BCUT2D eigenvalue weighted by Crippen LogP contribution is 2.11. The molecule has 0 aromatic heterocycles. The SMILES string of the molecule is CC(C)NCCCCCCOCc1ccc(Br)cc1. The van der Waals surface area contributed by atoms with Crippen molar-refractivity contribution >= 4 is 15.9 Å². The number of hydrogen-bond acceptors (Lipinski definition) is 2. The molecule has 19 heavy (non-hydrogen) atoms. The van der Waals surface area contributed by atoms with Crippen molar-refractivity contribution in [3.8, 4) is 0 Å².